The zero-order valence-corrected chi connectivity index (χ0v) is 60.2. The van der Waals surface area contributed by atoms with E-state index in [0.29, 0.717) is 0 Å². The van der Waals surface area contributed by atoms with Crippen LogP contribution in [0.3, 0.4) is 0 Å². The molecule has 0 spiro atoms. The maximum Gasteiger partial charge on any atom is 0.252 e. The predicted octanol–water partition coefficient (Wildman–Crippen LogP) is 23.9. The fraction of sp³-hybridized carbons (Fsp3) is 0.253. The Kier molecular flexibility index (Phi) is 13.3. The number of nitrogens with zero attached hydrogens (tertiary/aromatic N) is 3. The van der Waals surface area contributed by atoms with Gasteiger partial charge in [-0.15, -0.1) is 0 Å². The van der Waals surface area contributed by atoms with E-state index in [-0.39, 0.29) is 39.2 Å². The van der Waals surface area contributed by atoms with Crippen molar-refractivity contribution in [2.45, 2.75) is 155 Å². The largest absolute Gasteiger partial charge is 0.311 e. The predicted molar refractivity (Wildman–Crippen MR) is 426 cm³/mol. The van der Waals surface area contributed by atoms with E-state index >= 15 is 0 Å². The highest BCUT2D eigenvalue weighted by molar-refractivity contribution is 7.00. The second kappa shape index (κ2) is 21.4. The summed E-state index contributed by atoms with van der Waals surface area (Å²) in [6.07, 6.45) is 8.97. The molecule has 18 rings (SSSR count). The lowest BCUT2D eigenvalue weighted by Crippen LogP contribution is -2.60. The van der Waals surface area contributed by atoms with E-state index in [1.165, 1.54) is 165 Å². The van der Waals surface area contributed by atoms with Gasteiger partial charge >= 0.3 is 0 Å². The van der Waals surface area contributed by atoms with Gasteiger partial charge in [-0.2, -0.15) is 0 Å². The monoisotopic (exact) mass is 1280 g/mol. The van der Waals surface area contributed by atoms with Crippen molar-refractivity contribution in [1.82, 2.24) is 9.55 Å². The van der Waals surface area contributed by atoms with Crippen LogP contribution >= 0.6 is 0 Å². The van der Waals surface area contributed by atoms with E-state index in [4.69, 9.17) is 4.98 Å². The molecular formula is C95H88BN3. The van der Waals surface area contributed by atoms with Crippen LogP contribution in [0.15, 0.2) is 231 Å². The Bertz CT molecular complexity index is 5630. The van der Waals surface area contributed by atoms with E-state index in [0.717, 1.165) is 42.5 Å². The van der Waals surface area contributed by atoms with E-state index in [9.17, 15) is 0 Å². The number of hydrogen-bond donors (Lipinski definition) is 0. The van der Waals surface area contributed by atoms with Crippen LogP contribution in [-0.4, -0.2) is 16.3 Å². The van der Waals surface area contributed by atoms with Crippen molar-refractivity contribution in [3.05, 3.63) is 264 Å². The molecule has 0 fully saturated rings. The Hall–Kier alpha value is -9.77. The van der Waals surface area contributed by atoms with E-state index in [1.54, 1.807) is 0 Å². The topological polar surface area (TPSA) is 21.1 Å². The smallest absolute Gasteiger partial charge is 0.252 e. The number of fused-ring (bicyclic) bond motifs is 16. The van der Waals surface area contributed by atoms with Gasteiger partial charge in [0.2, 0.25) is 0 Å². The number of aromatic nitrogens is 2. The minimum absolute atomic E-state index is 0.00322. The van der Waals surface area contributed by atoms with Crippen molar-refractivity contribution in [3.63, 3.8) is 0 Å². The Balaban J connectivity index is 1.03. The highest BCUT2D eigenvalue weighted by Crippen LogP contribution is 2.54. The van der Waals surface area contributed by atoms with Crippen molar-refractivity contribution in [3.8, 4) is 61.3 Å². The molecule has 2 aliphatic carbocycles. The van der Waals surface area contributed by atoms with Crippen LogP contribution < -0.4 is 21.3 Å². The Labute approximate surface area is 585 Å². The summed E-state index contributed by atoms with van der Waals surface area (Å²) in [7, 11) is 0. The molecule has 0 saturated carbocycles. The Morgan fingerprint density at radius 1 is 0.354 bits per heavy atom. The molecule has 4 heteroatoms. The van der Waals surface area contributed by atoms with Crippen molar-refractivity contribution >= 4 is 94.3 Å². The molecular weight excluding hydrogens is 1190 g/mol. The number of anilines is 3. The first kappa shape index (κ1) is 61.6. The molecule has 0 N–H and O–H groups in total. The van der Waals surface area contributed by atoms with Crippen LogP contribution in [0.5, 0.6) is 0 Å². The number of pyridine rings is 1. The number of hydrogen-bond acceptors (Lipinski definition) is 2. The third-order valence-corrected chi connectivity index (χ3v) is 24.3. The molecule has 0 atom stereocenters. The minimum Gasteiger partial charge on any atom is -0.311 e. The van der Waals surface area contributed by atoms with Crippen LogP contribution in [0, 0.1) is 0 Å². The van der Waals surface area contributed by atoms with Gasteiger partial charge in [0.05, 0.1) is 5.52 Å². The summed E-state index contributed by atoms with van der Waals surface area (Å²) in [5.41, 5.74) is 31.5. The lowest BCUT2D eigenvalue weighted by atomic mass is 9.33. The SMILES string of the molecule is CC(C)(C)c1ccc(N2c3ccc(C(C)(C)C)cc3B3c4c2cc(-c2c(-c5ccc6c(c5)C(C)(C)CCC6(C)C)cncc2-c2ccc5c(c2)C(C)(C)CCC5(C)C)cc4-n2c4ccc5c6ccccc6c6ccccc6c5c4c4cc(-c5ccccc5-c5ccccc5)cc3c42)cc1. The first-order valence-corrected chi connectivity index (χ1v) is 36.4. The van der Waals surface area contributed by atoms with Gasteiger partial charge in [0.1, 0.15) is 0 Å². The quantitative estimate of drug-likeness (QED) is 0.122. The third-order valence-electron chi connectivity index (χ3n) is 24.3. The molecule has 12 aromatic carbocycles. The summed E-state index contributed by atoms with van der Waals surface area (Å²) in [5, 5.41) is 10.2. The number of benzene rings is 12. The number of rotatable bonds is 6. The third kappa shape index (κ3) is 9.33. The van der Waals surface area contributed by atoms with E-state index in [2.05, 4.69) is 337 Å². The van der Waals surface area contributed by atoms with Gasteiger partial charge in [0, 0.05) is 73.5 Å². The first-order chi connectivity index (χ1) is 47.3. The molecule has 14 aromatic rings. The highest BCUT2D eigenvalue weighted by Gasteiger charge is 2.45. The zero-order chi connectivity index (χ0) is 68.2. The molecule has 486 valence electrons. The Morgan fingerprint density at radius 3 is 1.44 bits per heavy atom. The molecule has 2 aromatic heterocycles. The van der Waals surface area contributed by atoms with Crippen molar-refractivity contribution in [2.75, 3.05) is 4.90 Å². The normalized spacial score (nSPS) is 16.3. The molecule has 2 aliphatic heterocycles. The van der Waals surface area contributed by atoms with Crippen LogP contribution in [0.25, 0.3) is 115 Å². The fourth-order valence-electron chi connectivity index (χ4n) is 18.5. The lowest BCUT2D eigenvalue weighted by Gasteiger charge is -2.42. The second-order valence-corrected chi connectivity index (χ2v) is 34.4. The van der Waals surface area contributed by atoms with E-state index < -0.39 is 0 Å². The van der Waals surface area contributed by atoms with Gasteiger partial charge in [-0.3, -0.25) is 4.98 Å². The van der Waals surface area contributed by atoms with Gasteiger partial charge in [0.15, 0.2) is 0 Å². The van der Waals surface area contributed by atoms with Crippen LogP contribution in [0.2, 0.25) is 0 Å². The fourth-order valence-corrected chi connectivity index (χ4v) is 18.5. The minimum atomic E-state index is -0.160. The van der Waals surface area contributed by atoms with Crippen LogP contribution in [0.4, 0.5) is 17.1 Å². The molecule has 99 heavy (non-hydrogen) atoms. The molecule has 0 amide bonds. The van der Waals surface area contributed by atoms with Gasteiger partial charge in [0.25, 0.3) is 6.71 Å². The summed E-state index contributed by atoms with van der Waals surface area (Å²) in [6.45, 7) is 33.6. The Morgan fingerprint density at radius 2 is 0.859 bits per heavy atom. The first-order valence-electron chi connectivity index (χ1n) is 36.4. The highest BCUT2D eigenvalue weighted by atomic mass is 15.2. The van der Waals surface area contributed by atoms with Crippen molar-refractivity contribution in [2.24, 2.45) is 0 Å². The van der Waals surface area contributed by atoms with Gasteiger partial charge < -0.3 is 9.47 Å². The van der Waals surface area contributed by atoms with E-state index in [1.807, 2.05) is 0 Å². The molecule has 4 heterocycles. The molecule has 0 bridgehead atoms. The van der Waals surface area contributed by atoms with Crippen LogP contribution in [-0.2, 0) is 32.5 Å². The maximum atomic E-state index is 5.39. The second-order valence-electron chi connectivity index (χ2n) is 34.4. The lowest BCUT2D eigenvalue weighted by molar-refractivity contribution is 0.332. The standard InChI is InChI=1S/C95H88BN3/c1-90(2,3)62-34-37-64(38-35-62)98-81-42-36-63(91(4,5)6)54-79(81)96-80-51-60(66-27-19-18-26-65(66)57-24-16-15-17-25-57)48-72-87-82(43-39-71-69-30-21-20-28-67(69)68-29-22-23-31-70(68)86(71)87)99(89(72)80)84-53-61(52-83(98)88(84)96)85-73(58-32-40-75-77(49-58)94(11,12)46-44-92(75,7)8)55-97-56-74(85)59-33-41-76-78(50-59)95(13,14)47-45-93(76,9)10/h15-43,48-56H,44-47H2,1-14H3. The molecule has 0 unspecified atom stereocenters. The average Bonchev–Trinajstić information content (AvgIpc) is 1.59. The molecule has 0 radical (unpaired) electrons. The summed E-state index contributed by atoms with van der Waals surface area (Å²) < 4.78 is 2.74. The summed E-state index contributed by atoms with van der Waals surface area (Å²) in [4.78, 5) is 8.04. The van der Waals surface area contributed by atoms with Crippen molar-refractivity contribution < 1.29 is 0 Å². The summed E-state index contributed by atoms with van der Waals surface area (Å²) in [5.74, 6) is 0. The molecule has 4 aliphatic rings. The van der Waals surface area contributed by atoms with Gasteiger partial charge in [-0.1, -0.05) is 273 Å². The maximum absolute atomic E-state index is 5.39. The van der Waals surface area contributed by atoms with Crippen molar-refractivity contribution in [1.29, 1.82) is 0 Å². The van der Waals surface area contributed by atoms with Gasteiger partial charge in [-0.05, 0) is 216 Å². The summed E-state index contributed by atoms with van der Waals surface area (Å²) >= 11 is 0. The molecule has 3 nitrogen and oxygen atoms in total. The van der Waals surface area contributed by atoms with Gasteiger partial charge in [-0.25, -0.2) is 0 Å². The molecule has 0 saturated heterocycles. The summed E-state index contributed by atoms with van der Waals surface area (Å²) in [6, 6.07) is 85.8. The zero-order valence-electron chi connectivity index (χ0n) is 60.2. The van der Waals surface area contributed by atoms with Crippen LogP contribution in [0.1, 0.15) is 156 Å². The average molecular weight is 1280 g/mol.